The second kappa shape index (κ2) is 7.24. The molecule has 0 bridgehead atoms. The molecule has 3 rings (SSSR count). The lowest BCUT2D eigenvalue weighted by Gasteiger charge is -2.39. The van der Waals surface area contributed by atoms with Gasteiger partial charge in [0, 0.05) is 10.0 Å². The lowest BCUT2D eigenvalue weighted by Crippen LogP contribution is -2.53. The quantitative estimate of drug-likeness (QED) is 0.743. The molecular formula is C19H20BrFN2O3S. The van der Waals surface area contributed by atoms with Crippen molar-refractivity contribution in [2.75, 3.05) is 0 Å². The molecule has 0 saturated carbocycles. The van der Waals surface area contributed by atoms with E-state index in [1.54, 1.807) is 57.2 Å². The average Bonchev–Trinajstić information content (AvgIpc) is 2.52. The molecule has 1 N–H and O–H groups in total. The molecule has 27 heavy (non-hydrogen) atoms. The molecule has 1 aliphatic heterocycles. The zero-order valence-electron chi connectivity index (χ0n) is 15.1. The summed E-state index contributed by atoms with van der Waals surface area (Å²) in [7, 11) is -3.81. The zero-order chi connectivity index (χ0) is 19.8. The first-order valence-electron chi connectivity index (χ1n) is 8.38. The van der Waals surface area contributed by atoms with Crippen LogP contribution in [0.2, 0.25) is 0 Å². The number of aliphatic imine (C=N–C) groups is 1. The van der Waals surface area contributed by atoms with E-state index in [0.717, 1.165) is 4.47 Å². The maximum Gasteiger partial charge on any atom is 0.299 e. The maximum atomic E-state index is 14.0. The molecule has 1 fully saturated rings. The highest BCUT2D eigenvalue weighted by Crippen LogP contribution is 2.39. The summed E-state index contributed by atoms with van der Waals surface area (Å²) in [6, 6.07) is 12.6. The molecule has 0 amide bonds. The van der Waals surface area contributed by atoms with E-state index in [1.165, 1.54) is 6.07 Å². The number of sulfonamides is 1. The van der Waals surface area contributed by atoms with Gasteiger partial charge in [0.2, 0.25) is 10.0 Å². The number of benzene rings is 2. The first kappa shape index (κ1) is 19.8. The van der Waals surface area contributed by atoms with Crippen molar-refractivity contribution < 1.29 is 17.5 Å². The van der Waals surface area contributed by atoms with Gasteiger partial charge in [-0.25, -0.2) is 22.5 Å². The van der Waals surface area contributed by atoms with Crippen LogP contribution < -0.4 is 4.72 Å². The van der Waals surface area contributed by atoms with Crippen LogP contribution in [0.4, 0.5) is 4.39 Å². The summed E-state index contributed by atoms with van der Waals surface area (Å²) in [4.78, 5) is 4.26. The Morgan fingerprint density at radius 2 is 1.93 bits per heavy atom. The largest absolute Gasteiger partial charge is 0.457 e. The van der Waals surface area contributed by atoms with Gasteiger partial charge in [-0.2, -0.15) is 0 Å². The van der Waals surface area contributed by atoms with Crippen molar-refractivity contribution >= 4 is 32.0 Å². The Bertz CT molecular complexity index is 992. The Morgan fingerprint density at radius 1 is 1.22 bits per heavy atom. The monoisotopic (exact) mass is 454 g/mol. The van der Waals surface area contributed by atoms with Gasteiger partial charge in [0.05, 0.1) is 6.04 Å². The number of nitrogens with one attached hydrogen (secondary N) is 1. The fourth-order valence-electron chi connectivity index (χ4n) is 3.24. The van der Waals surface area contributed by atoms with Gasteiger partial charge in [0.25, 0.3) is 6.02 Å². The highest BCUT2D eigenvalue weighted by molar-refractivity contribution is 9.10. The predicted octanol–water partition coefficient (Wildman–Crippen LogP) is 4.47. The summed E-state index contributed by atoms with van der Waals surface area (Å²) in [6.07, 6.45) is 0. The second-order valence-electron chi connectivity index (χ2n) is 6.92. The zero-order valence-corrected chi connectivity index (χ0v) is 17.5. The molecule has 2 aromatic rings. The van der Waals surface area contributed by atoms with Gasteiger partial charge < -0.3 is 4.74 Å². The first-order chi connectivity index (χ1) is 12.6. The molecule has 1 aliphatic rings. The van der Waals surface area contributed by atoms with Crippen LogP contribution in [-0.4, -0.2) is 20.0 Å². The molecule has 2 aromatic carbocycles. The van der Waals surface area contributed by atoms with Crippen molar-refractivity contribution in [3.63, 3.8) is 0 Å². The van der Waals surface area contributed by atoms with Crippen LogP contribution in [-0.2, 0) is 14.8 Å². The third kappa shape index (κ3) is 4.16. The van der Waals surface area contributed by atoms with Crippen LogP contribution in [0, 0.1) is 5.82 Å². The van der Waals surface area contributed by atoms with E-state index in [9.17, 15) is 12.8 Å². The minimum atomic E-state index is -3.81. The van der Waals surface area contributed by atoms with E-state index in [4.69, 9.17) is 4.74 Å². The molecule has 144 valence electrons. The standard InChI is InChI=1S/C19H20BrFN2O3S/c1-12(15-9-4-5-10-16(15)21)22-18-23-27(24,25)17(19(2,3)26-18)13-7-6-8-14(20)11-13/h4-12,17H,1-3H3,(H,22,23)/t12-,17?/m0/s1. The summed E-state index contributed by atoms with van der Waals surface area (Å²) in [5.41, 5.74) is -0.110. The summed E-state index contributed by atoms with van der Waals surface area (Å²) in [5.74, 6) is -0.403. The Kier molecular flexibility index (Phi) is 5.31. The van der Waals surface area contributed by atoms with E-state index in [-0.39, 0.29) is 6.02 Å². The summed E-state index contributed by atoms with van der Waals surface area (Å²) in [5, 5.41) is -0.926. The molecule has 0 radical (unpaired) electrons. The first-order valence-corrected chi connectivity index (χ1v) is 10.7. The lowest BCUT2D eigenvalue weighted by atomic mass is 9.97. The van der Waals surface area contributed by atoms with Crippen LogP contribution in [0.3, 0.4) is 0 Å². The highest BCUT2D eigenvalue weighted by atomic mass is 79.9. The SMILES string of the molecule is C[C@H](N=C1NS(=O)(=O)C(c2cccc(Br)c2)C(C)(C)O1)c1ccccc1F. The van der Waals surface area contributed by atoms with E-state index >= 15 is 0 Å². The second-order valence-corrected chi connectivity index (χ2v) is 9.60. The normalized spacial score (nSPS) is 23.3. The highest BCUT2D eigenvalue weighted by Gasteiger charge is 2.48. The van der Waals surface area contributed by atoms with Crippen molar-refractivity contribution in [1.82, 2.24) is 4.72 Å². The third-order valence-electron chi connectivity index (χ3n) is 4.35. The van der Waals surface area contributed by atoms with Crippen LogP contribution >= 0.6 is 15.9 Å². The van der Waals surface area contributed by atoms with Gasteiger partial charge in [0.15, 0.2) is 0 Å². The molecule has 8 heteroatoms. The Balaban J connectivity index is 1.95. The number of amidine groups is 1. The molecule has 0 spiro atoms. The number of hydrogen-bond donors (Lipinski definition) is 1. The minimum absolute atomic E-state index is 0.137. The number of rotatable bonds is 3. The molecule has 1 unspecified atom stereocenters. The maximum absolute atomic E-state index is 14.0. The van der Waals surface area contributed by atoms with Crippen molar-refractivity contribution in [2.45, 2.75) is 37.7 Å². The van der Waals surface area contributed by atoms with Crippen molar-refractivity contribution in [1.29, 1.82) is 0 Å². The fourth-order valence-corrected chi connectivity index (χ4v) is 5.41. The fraction of sp³-hybridized carbons (Fsp3) is 0.316. The van der Waals surface area contributed by atoms with Crippen molar-refractivity contribution in [2.24, 2.45) is 4.99 Å². The lowest BCUT2D eigenvalue weighted by molar-refractivity contribution is 0.0761. The van der Waals surface area contributed by atoms with Gasteiger partial charge in [0.1, 0.15) is 16.7 Å². The van der Waals surface area contributed by atoms with Crippen LogP contribution in [0.1, 0.15) is 43.2 Å². The smallest absolute Gasteiger partial charge is 0.299 e. The number of hydrogen-bond acceptors (Lipinski definition) is 4. The average molecular weight is 455 g/mol. The number of nitrogens with zero attached hydrogens (tertiary/aromatic N) is 1. The van der Waals surface area contributed by atoms with Gasteiger partial charge in [-0.1, -0.05) is 46.3 Å². The van der Waals surface area contributed by atoms with Crippen molar-refractivity contribution in [3.05, 3.63) is 69.9 Å². The Morgan fingerprint density at radius 3 is 2.56 bits per heavy atom. The van der Waals surface area contributed by atoms with Crippen LogP contribution in [0.15, 0.2) is 58.0 Å². The molecule has 1 saturated heterocycles. The van der Waals surface area contributed by atoms with Gasteiger partial charge in [-0.15, -0.1) is 0 Å². The molecule has 1 heterocycles. The van der Waals surface area contributed by atoms with Gasteiger partial charge in [-0.05, 0) is 44.5 Å². The molecular weight excluding hydrogens is 435 g/mol. The summed E-state index contributed by atoms with van der Waals surface area (Å²) < 4.78 is 48.9. The van der Waals surface area contributed by atoms with E-state index in [0.29, 0.717) is 11.1 Å². The number of halogens is 2. The van der Waals surface area contributed by atoms with Gasteiger partial charge in [-0.3, -0.25) is 0 Å². The Hall–Kier alpha value is -1.93. The summed E-state index contributed by atoms with van der Waals surface area (Å²) >= 11 is 3.37. The number of ether oxygens (including phenoxy) is 1. The van der Waals surface area contributed by atoms with Crippen molar-refractivity contribution in [3.8, 4) is 0 Å². The van der Waals surface area contributed by atoms with E-state index in [2.05, 4.69) is 25.6 Å². The van der Waals surface area contributed by atoms with Crippen LogP contribution in [0.25, 0.3) is 0 Å². The van der Waals surface area contributed by atoms with Gasteiger partial charge >= 0.3 is 0 Å². The van der Waals surface area contributed by atoms with E-state index in [1.807, 2.05) is 6.07 Å². The molecule has 0 aromatic heterocycles. The molecule has 2 atom stereocenters. The molecule has 0 aliphatic carbocycles. The Labute approximate surface area is 166 Å². The predicted molar refractivity (Wildman–Crippen MR) is 106 cm³/mol. The van der Waals surface area contributed by atoms with Crippen LogP contribution in [0.5, 0.6) is 0 Å². The third-order valence-corrected chi connectivity index (χ3v) is 6.76. The summed E-state index contributed by atoms with van der Waals surface area (Å²) in [6.45, 7) is 5.07. The topological polar surface area (TPSA) is 67.8 Å². The van der Waals surface area contributed by atoms with E-state index < -0.39 is 32.7 Å². The minimum Gasteiger partial charge on any atom is -0.457 e. The molecule has 5 nitrogen and oxygen atoms in total.